The van der Waals surface area contributed by atoms with Crippen molar-refractivity contribution >= 4 is 11.6 Å². The molecule has 1 aliphatic rings. The summed E-state index contributed by atoms with van der Waals surface area (Å²) in [5.41, 5.74) is 0. The average Bonchev–Trinajstić information content (AvgIpc) is 2.36. The van der Waals surface area contributed by atoms with Crippen LogP contribution in [0.25, 0.3) is 0 Å². The Bertz CT molecular complexity index is 99.6. The first-order valence-electron chi connectivity index (χ1n) is 3.71. The molecule has 1 unspecified atom stereocenters. The van der Waals surface area contributed by atoms with Crippen molar-refractivity contribution in [3.63, 3.8) is 0 Å². The molecule has 1 aliphatic heterocycles. The van der Waals surface area contributed by atoms with E-state index in [4.69, 9.17) is 16.3 Å². The lowest BCUT2D eigenvalue weighted by Gasteiger charge is -2.21. The smallest absolute Gasteiger partial charge is 0.110 e. The second kappa shape index (κ2) is 4.16. The van der Waals surface area contributed by atoms with Crippen LogP contribution in [0, 0.1) is 0 Å². The summed E-state index contributed by atoms with van der Waals surface area (Å²) in [6, 6.07) is 0. The number of halogens is 1. The standard InChI is InChI=1S/C7H14ClNO/c1-10-7-3-2-5-9(7)6-4-8/h7H,2-6H2,1H3. The summed E-state index contributed by atoms with van der Waals surface area (Å²) in [4.78, 5) is 2.28. The van der Waals surface area contributed by atoms with Gasteiger partial charge in [0.15, 0.2) is 0 Å². The van der Waals surface area contributed by atoms with E-state index in [2.05, 4.69) is 4.90 Å². The maximum absolute atomic E-state index is 5.61. The van der Waals surface area contributed by atoms with Crippen LogP contribution < -0.4 is 0 Å². The molecule has 0 radical (unpaired) electrons. The van der Waals surface area contributed by atoms with Gasteiger partial charge in [-0.1, -0.05) is 0 Å². The number of likely N-dealkylation sites (tertiary alicyclic amines) is 1. The monoisotopic (exact) mass is 163 g/mol. The number of ether oxygens (including phenoxy) is 1. The van der Waals surface area contributed by atoms with E-state index in [1.807, 2.05) is 0 Å². The number of hydrogen-bond acceptors (Lipinski definition) is 2. The third-order valence-electron chi connectivity index (χ3n) is 1.95. The summed E-state index contributed by atoms with van der Waals surface area (Å²) in [6.45, 7) is 2.10. The van der Waals surface area contributed by atoms with Gasteiger partial charge in [0.2, 0.25) is 0 Å². The van der Waals surface area contributed by atoms with E-state index in [9.17, 15) is 0 Å². The van der Waals surface area contributed by atoms with Crippen molar-refractivity contribution in [2.45, 2.75) is 19.1 Å². The maximum atomic E-state index is 5.61. The van der Waals surface area contributed by atoms with Crippen LogP contribution >= 0.6 is 11.6 Å². The zero-order valence-electron chi connectivity index (χ0n) is 6.35. The summed E-state index contributed by atoms with van der Waals surface area (Å²) in [5, 5.41) is 0. The zero-order chi connectivity index (χ0) is 7.40. The fraction of sp³-hybridized carbons (Fsp3) is 1.00. The van der Waals surface area contributed by atoms with Crippen LogP contribution in [0.3, 0.4) is 0 Å². The van der Waals surface area contributed by atoms with Gasteiger partial charge in [0.1, 0.15) is 6.23 Å². The first-order valence-corrected chi connectivity index (χ1v) is 4.24. The van der Waals surface area contributed by atoms with Crippen LogP contribution in [0.1, 0.15) is 12.8 Å². The SMILES string of the molecule is COC1CCCN1CCCl. The van der Waals surface area contributed by atoms with Gasteiger partial charge < -0.3 is 4.74 Å². The largest absolute Gasteiger partial charge is 0.366 e. The number of methoxy groups -OCH3 is 1. The second-order valence-electron chi connectivity index (χ2n) is 2.56. The highest BCUT2D eigenvalue weighted by atomic mass is 35.5. The molecule has 0 aromatic rings. The predicted octanol–water partition coefficient (Wildman–Crippen LogP) is 1.29. The Morgan fingerprint density at radius 1 is 1.70 bits per heavy atom. The van der Waals surface area contributed by atoms with Crippen LogP contribution in [0.2, 0.25) is 0 Å². The van der Waals surface area contributed by atoms with Gasteiger partial charge in [0.25, 0.3) is 0 Å². The van der Waals surface area contributed by atoms with Crippen molar-refractivity contribution in [2.24, 2.45) is 0 Å². The van der Waals surface area contributed by atoms with Gasteiger partial charge in [-0.05, 0) is 12.8 Å². The first-order chi connectivity index (χ1) is 4.88. The van der Waals surface area contributed by atoms with Gasteiger partial charge >= 0.3 is 0 Å². The summed E-state index contributed by atoms with van der Waals surface area (Å²) in [5.74, 6) is 0.708. The number of nitrogens with zero attached hydrogens (tertiary/aromatic N) is 1. The molecular weight excluding hydrogens is 150 g/mol. The van der Waals surface area contributed by atoms with E-state index >= 15 is 0 Å². The van der Waals surface area contributed by atoms with Gasteiger partial charge in [0, 0.05) is 26.1 Å². The van der Waals surface area contributed by atoms with Crippen molar-refractivity contribution < 1.29 is 4.74 Å². The molecule has 0 aliphatic carbocycles. The Kier molecular flexibility index (Phi) is 3.46. The molecule has 1 rings (SSSR count). The summed E-state index contributed by atoms with van der Waals surface area (Å²) in [6.07, 6.45) is 2.74. The van der Waals surface area contributed by atoms with Crippen molar-refractivity contribution in [2.75, 3.05) is 26.1 Å². The molecule has 1 atom stereocenters. The van der Waals surface area contributed by atoms with Gasteiger partial charge in [0.05, 0.1) is 0 Å². The van der Waals surface area contributed by atoms with Crippen LogP contribution in [0.15, 0.2) is 0 Å². The van der Waals surface area contributed by atoms with E-state index in [1.165, 1.54) is 6.42 Å². The van der Waals surface area contributed by atoms with Crippen molar-refractivity contribution in [1.82, 2.24) is 4.90 Å². The molecular formula is C7H14ClNO. The lowest BCUT2D eigenvalue weighted by Crippen LogP contribution is -2.32. The zero-order valence-corrected chi connectivity index (χ0v) is 7.10. The summed E-state index contributed by atoms with van der Waals surface area (Å²) >= 11 is 5.61. The molecule has 0 aromatic heterocycles. The molecule has 0 aromatic carbocycles. The van der Waals surface area contributed by atoms with E-state index < -0.39 is 0 Å². The molecule has 1 saturated heterocycles. The molecule has 60 valence electrons. The number of rotatable bonds is 3. The Morgan fingerprint density at radius 2 is 2.50 bits per heavy atom. The van der Waals surface area contributed by atoms with Gasteiger partial charge in [-0.2, -0.15) is 0 Å². The second-order valence-corrected chi connectivity index (χ2v) is 2.94. The van der Waals surface area contributed by atoms with Crippen molar-refractivity contribution in [3.8, 4) is 0 Å². The molecule has 0 spiro atoms. The normalized spacial score (nSPS) is 27.6. The Hall–Kier alpha value is 0.210. The topological polar surface area (TPSA) is 12.5 Å². The fourth-order valence-corrected chi connectivity index (χ4v) is 1.64. The van der Waals surface area contributed by atoms with Gasteiger partial charge in [-0.3, -0.25) is 4.90 Å². The van der Waals surface area contributed by atoms with E-state index in [1.54, 1.807) is 7.11 Å². The Labute approximate surface area is 67.1 Å². The minimum Gasteiger partial charge on any atom is -0.366 e. The molecule has 3 heteroatoms. The fourth-order valence-electron chi connectivity index (χ4n) is 1.43. The van der Waals surface area contributed by atoms with Gasteiger partial charge in [-0.25, -0.2) is 0 Å². The van der Waals surface area contributed by atoms with Crippen LogP contribution in [-0.2, 0) is 4.74 Å². The number of alkyl halides is 1. The van der Waals surface area contributed by atoms with Crippen LogP contribution in [0.4, 0.5) is 0 Å². The lowest BCUT2D eigenvalue weighted by molar-refractivity contribution is -0.000284. The Morgan fingerprint density at radius 3 is 3.10 bits per heavy atom. The molecule has 1 heterocycles. The highest BCUT2D eigenvalue weighted by molar-refractivity contribution is 6.18. The van der Waals surface area contributed by atoms with Crippen molar-refractivity contribution in [1.29, 1.82) is 0 Å². The lowest BCUT2D eigenvalue weighted by atomic mass is 10.4. The maximum Gasteiger partial charge on any atom is 0.110 e. The molecule has 0 bridgehead atoms. The summed E-state index contributed by atoms with van der Waals surface area (Å²) < 4.78 is 5.24. The van der Waals surface area contributed by atoms with Crippen LogP contribution in [0.5, 0.6) is 0 Å². The minimum atomic E-state index is 0.332. The van der Waals surface area contributed by atoms with E-state index in [0.29, 0.717) is 12.1 Å². The molecule has 0 amide bonds. The van der Waals surface area contributed by atoms with E-state index in [0.717, 1.165) is 19.5 Å². The van der Waals surface area contributed by atoms with E-state index in [-0.39, 0.29) is 0 Å². The molecule has 0 saturated carbocycles. The third-order valence-corrected chi connectivity index (χ3v) is 2.12. The quantitative estimate of drug-likeness (QED) is 0.582. The number of hydrogen-bond donors (Lipinski definition) is 0. The summed E-state index contributed by atoms with van der Waals surface area (Å²) in [7, 11) is 1.76. The van der Waals surface area contributed by atoms with Crippen molar-refractivity contribution in [3.05, 3.63) is 0 Å². The molecule has 1 fully saturated rings. The first kappa shape index (κ1) is 8.31. The molecule has 2 nitrogen and oxygen atoms in total. The Balaban J connectivity index is 2.27. The van der Waals surface area contributed by atoms with Gasteiger partial charge in [-0.15, -0.1) is 11.6 Å². The highest BCUT2D eigenvalue weighted by Gasteiger charge is 2.22. The predicted molar refractivity (Wildman–Crippen MR) is 42.3 cm³/mol. The van der Waals surface area contributed by atoms with Crippen LogP contribution in [-0.4, -0.2) is 37.2 Å². The minimum absolute atomic E-state index is 0.332. The molecule has 0 N–H and O–H groups in total. The third kappa shape index (κ3) is 1.84. The molecule has 10 heavy (non-hydrogen) atoms. The highest BCUT2D eigenvalue weighted by Crippen LogP contribution is 2.16. The average molecular weight is 164 g/mol.